The Bertz CT molecular complexity index is 238. The van der Waals surface area contributed by atoms with Crippen LogP contribution in [0.3, 0.4) is 0 Å². The molecule has 0 atom stereocenters. The largest absolute Gasteiger partial charge is 0.285 e. The van der Waals surface area contributed by atoms with Crippen LogP contribution in [0.5, 0.6) is 0 Å². The van der Waals surface area contributed by atoms with E-state index >= 15 is 0 Å². The minimum Gasteiger partial charge on any atom is -0.285 e. The Hall–Kier alpha value is -0.530. The van der Waals surface area contributed by atoms with Gasteiger partial charge < -0.3 is 0 Å². The number of hydrogen-bond acceptors (Lipinski definition) is 1. The molecule has 0 aromatic heterocycles. The van der Waals surface area contributed by atoms with Crippen molar-refractivity contribution in [1.29, 1.82) is 0 Å². The lowest BCUT2D eigenvalue weighted by molar-refractivity contribution is 0.563. The molecular formula is C7H3Cl2O. The van der Waals surface area contributed by atoms with Crippen LogP contribution in [0.25, 0.3) is 0 Å². The zero-order chi connectivity index (χ0) is 7.56. The monoisotopic (exact) mass is 173 g/mol. The Morgan fingerprint density at radius 3 is 2.00 bits per heavy atom. The minimum atomic E-state index is 0.373. The Balaban J connectivity index is 3.18. The van der Waals surface area contributed by atoms with Gasteiger partial charge in [0.25, 0.3) is 0 Å². The summed E-state index contributed by atoms with van der Waals surface area (Å²) in [6.07, 6.45) is 1.69. The van der Waals surface area contributed by atoms with E-state index in [4.69, 9.17) is 23.2 Å². The molecule has 0 heterocycles. The summed E-state index contributed by atoms with van der Waals surface area (Å²) in [5, 5.41) is 0.900. The number of hydrogen-bond donors (Lipinski definition) is 0. The first-order valence-corrected chi connectivity index (χ1v) is 3.32. The van der Waals surface area contributed by atoms with Crippen LogP contribution < -0.4 is 0 Å². The third-order valence-electron chi connectivity index (χ3n) is 0.980. The first kappa shape index (κ1) is 7.58. The highest BCUT2D eigenvalue weighted by molar-refractivity contribution is 6.35. The fourth-order valence-electron chi connectivity index (χ4n) is 0.613. The molecule has 0 N–H and O–H groups in total. The van der Waals surface area contributed by atoms with E-state index in [0.29, 0.717) is 15.6 Å². The molecule has 0 aliphatic heterocycles. The molecule has 1 aromatic carbocycles. The van der Waals surface area contributed by atoms with Gasteiger partial charge in [-0.05, 0) is 18.2 Å². The van der Waals surface area contributed by atoms with Gasteiger partial charge in [-0.15, -0.1) is 0 Å². The topological polar surface area (TPSA) is 17.1 Å². The molecular weight excluding hydrogens is 171 g/mol. The second kappa shape index (κ2) is 3.04. The standard InChI is InChI=1S/C7H3Cl2O/c8-6-1-5(4-10)2-7(9)3-6/h1-3H. The second-order valence-corrected chi connectivity index (χ2v) is 2.63. The molecule has 10 heavy (non-hydrogen) atoms. The Kier molecular flexibility index (Phi) is 2.30. The normalized spacial score (nSPS) is 9.40. The zero-order valence-corrected chi connectivity index (χ0v) is 6.41. The highest BCUT2D eigenvalue weighted by atomic mass is 35.5. The van der Waals surface area contributed by atoms with Crippen LogP contribution in [-0.4, -0.2) is 6.29 Å². The van der Waals surface area contributed by atoms with E-state index in [1.807, 2.05) is 0 Å². The molecule has 0 spiro atoms. The number of carbonyl (C=O) groups excluding carboxylic acids is 1. The van der Waals surface area contributed by atoms with Gasteiger partial charge in [0.1, 0.15) is 0 Å². The Labute approximate surface area is 68.6 Å². The van der Waals surface area contributed by atoms with Crippen molar-refractivity contribution in [3.8, 4) is 0 Å². The van der Waals surface area contributed by atoms with Crippen LogP contribution in [-0.2, 0) is 4.79 Å². The van der Waals surface area contributed by atoms with Crippen molar-refractivity contribution in [2.75, 3.05) is 0 Å². The molecule has 1 rings (SSSR count). The predicted octanol–water partition coefficient (Wildman–Crippen LogP) is 2.45. The maximum absolute atomic E-state index is 10.1. The first-order chi connectivity index (χ1) is 4.72. The minimum absolute atomic E-state index is 0.373. The molecule has 0 aliphatic carbocycles. The Morgan fingerprint density at radius 1 is 1.10 bits per heavy atom. The van der Waals surface area contributed by atoms with E-state index in [9.17, 15) is 4.79 Å². The van der Waals surface area contributed by atoms with Crippen LogP contribution in [0.1, 0.15) is 5.56 Å². The van der Waals surface area contributed by atoms with Crippen molar-refractivity contribution in [2.45, 2.75) is 0 Å². The van der Waals surface area contributed by atoms with Crippen molar-refractivity contribution in [2.24, 2.45) is 0 Å². The van der Waals surface area contributed by atoms with Crippen LogP contribution in [0.15, 0.2) is 18.2 Å². The van der Waals surface area contributed by atoms with E-state index in [0.717, 1.165) is 0 Å². The highest BCUT2D eigenvalue weighted by Crippen LogP contribution is 2.17. The summed E-state index contributed by atoms with van der Waals surface area (Å²) in [4.78, 5) is 10.1. The lowest BCUT2D eigenvalue weighted by atomic mass is 10.2. The van der Waals surface area contributed by atoms with Gasteiger partial charge in [-0.3, -0.25) is 4.79 Å². The average Bonchev–Trinajstić information content (AvgIpc) is 1.85. The quantitative estimate of drug-likeness (QED) is 0.638. The van der Waals surface area contributed by atoms with Gasteiger partial charge >= 0.3 is 0 Å². The van der Waals surface area contributed by atoms with Gasteiger partial charge in [0.15, 0.2) is 0 Å². The fourth-order valence-corrected chi connectivity index (χ4v) is 1.14. The van der Waals surface area contributed by atoms with Crippen molar-refractivity contribution in [3.05, 3.63) is 33.8 Å². The molecule has 1 radical (unpaired) electrons. The maximum atomic E-state index is 10.1. The van der Waals surface area contributed by atoms with Gasteiger partial charge in [-0.1, -0.05) is 23.2 Å². The SMILES string of the molecule is O=[C]c1cc(Cl)cc(Cl)c1. The number of halogens is 2. The molecule has 0 amide bonds. The van der Waals surface area contributed by atoms with Crippen LogP contribution in [0.2, 0.25) is 10.0 Å². The third-order valence-corrected chi connectivity index (χ3v) is 1.42. The van der Waals surface area contributed by atoms with E-state index in [-0.39, 0.29) is 0 Å². The average molecular weight is 174 g/mol. The summed E-state index contributed by atoms with van der Waals surface area (Å²) in [5.74, 6) is 0. The summed E-state index contributed by atoms with van der Waals surface area (Å²) >= 11 is 11.1. The van der Waals surface area contributed by atoms with Gasteiger partial charge in [-0.2, -0.15) is 0 Å². The lowest BCUT2D eigenvalue weighted by Crippen LogP contribution is -1.78. The third kappa shape index (κ3) is 1.72. The first-order valence-electron chi connectivity index (χ1n) is 2.56. The summed E-state index contributed by atoms with van der Waals surface area (Å²) in [6, 6.07) is 4.56. The second-order valence-electron chi connectivity index (χ2n) is 1.76. The molecule has 3 heteroatoms. The van der Waals surface area contributed by atoms with Crippen molar-refractivity contribution in [1.82, 2.24) is 0 Å². The molecule has 0 saturated carbocycles. The van der Waals surface area contributed by atoms with Crippen molar-refractivity contribution in [3.63, 3.8) is 0 Å². The summed E-state index contributed by atoms with van der Waals surface area (Å²) in [5.41, 5.74) is 0.373. The number of benzene rings is 1. The van der Waals surface area contributed by atoms with Gasteiger partial charge in [0.05, 0.1) is 0 Å². The van der Waals surface area contributed by atoms with Crippen molar-refractivity contribution < 1.29 is 4.79 Å². The van der Waals surface area contributed by atoms with Crippen LogP contribution >= 0.6 is 23.2 Å². The van der Waals surface area contributed by atoms with E-state index < -0.39 is 0 Å². The molecule has 1 nitrogen and oxygen atoms in total. The van der Waals surface area contributed by atoms with Gasteiger partial charge in [-0.25, -0.2) is 0 Å². The summed E-state index contributed by atoms with van der Waals surface area (Å²) in [7, 11) is 0. The van der Waals surface area contributed by atoms with Crippen molar-refractivity contribution >= 4 is 29.5 Å². The smallest absolute Gasteiger partial charge is 0.233 e. The summed E-state index contributed by atoms with van der Waals surface area (Å²) < 4.78 is 0. The highest BCUT2D eigenvalue weighted by Gasteiger charge is 1.95. The van der Waals surface area contributed by atoms with E-state index in [2.05, 4.69) is 0 Å². The molecule has 0 bridgehead atoms. The molecule has 0 saturated heterocycles. The molecule has 51 valence electrons. The summed E-state index contributed by atoms with van der Waals surface area (Å²) in [6.45, 7) is 0. The lowest BCUT2D eigenvalue weighted by Gasteiger charge is -1.92. The van der Waals surface area contributed by atoms with E-state index in [1.165, 1.54) is 12.1 Å². The molecule has 0 unspecified atom stereocenters. The molecule has 0 fully saturated rings. The zero-order valence-electron chi connectivity index (χ0n) is 4.90. The Morgan fingerprint density at radius 2 is 1.60 bits per heavy atom. The molecule has 1 aromatic rings. The predicted molar refractivity (Wildman–Crippen MR) is 41.3 cm³/mol. The fraction of sp³-hybridized carbons (Fsp3) is 0. The molecule has 0 aliphatic rings. The van der Waals surface area contributed by atoms with Crippen LogP contribution in [0.4, 0.5) is 0 Å². The van der Waals surface area contributed by atoms with Crippen LogP contribution in [0, 0.1) is 0 Å². The van der Waals surface area contributed by atoms with Gasteiger partial charge in [0.2, 0.25) is 6.29 Å². The maximum Gasteiger partial charge on any atom is 0.233 e. The van der Waals surface area contributed by atoms with E-state index in [1.54, 1.807) is 12.4 Å². The van der Waals surface area contributed by atoms with Gasteiger partial charge in [0, 0.05) is 15.6 Å². The number of rotatable bonds is 1.